The van der Waals surface area contributed by atoms with Crippen LogP contribution >= 0.6 is 0 Å². The molecule has 0 radical (unpaired) electrons. The Morgan fingerprint density at radius 3 is 2.65 bits per heavy atom. The maximum Gasteiger partial charge on any atom is 0.315 e. The molecule has 0 bridgehead atoms. The molecule has 0 aliphatic carbocycles. The first-order valence-corrected chi connectivity index (χ1v) is 9.27. The molecule has 1 aromatic carbocycles. The molecule has 1 aliphatic rings. The van der Waals surface area contributed by atoms with Crippen molar-refractivity contribution in [1.29, 1.82) is 0 Å². The standard InChI is InChI=1S/C15H22FN3O3S/c1-19(2)14-4-3-11(7-13(14)16)8-17-15(20)18-9-12-5-6-23(21,22)10-12/h3-4,7,12H,5-6,8-10H2,1-2H3,(H2,17,18,20). The number of rotatable bonds is 5. The summed E-state index contributed by atoms with van der Waals surface area (Å²) < 4.78 is 36.5. The Morgan fingerprint density at radius 1 is 1.35 bits per heavy atom. The summed E-state index contributed by atoms with van der Waals surface area (Å²) in [6, 6.07) is 4.42. The number of amides is 2. The summed E-state index contributed by atoms with van der Waals surface area (Å²) in [6.45, 7) is 0.540. The van der Waals surface area contributed by atoms with E-state index in [1.807, 2.05) is 0 Å². The van der Waals surface area contributed by atoms with Crippen LogP contribution in [0.3, 0.4) is 0 Å². The fourth-order valence-corrected chi connectivity index (χ4v) is 4.40. The lowest BCUT2D eigenvalue weighted by molar-refractivity contribution is 0.239. The molecule has 1 unspecified atom stereocenters. The maximum atomic E-state index is 13.8. The zero-order valence-corrected chi connectivity index (χ0v) is 14.1. The van der Waals surface area contributed by atoms with Crippen molar-refractivity contribution in [3.05, 3.63) is 29.6 Å². The van der Waals surface area contributed by atoms with Gasteiger partial charge in [0.15, 0.2) is 9.84 Å². The van der Waals surface area contributed by atoms with Crippen LogP contribution in [0.5, 0.6) is 0 Å². The Hall–Kier alpha value is -1.83. The lowest BCUT2D eigenvalue weighted by Crippen LogP contribution is -2.38. The van der Waals surface area contributed by atoms with Crippen LogP contribution in [-0.2, 0) is 16.4 Å². The Labute approximate surface area is 136 Å². The molecule has 128 valence electrons. The number of anilines is 1. The van der Waals surface area contributed by atoms with Crippen molar-refractivity contribution >= 4 is 21.6 Å². The van der Waals surface area contributed by atoms with Gasteiger partial charge in [0.25, 0.3) is 0 Å². The monoisotopic (exact) mass is 343 g/mol. The van der Waals surface area contributed by atoms with Crippen LogP contribution in [-0.4, -0.2) is 46.6 Å². The number of urea groups is 1. The number of carbonyl (C=O) groups excluding carboxylic acids is 1. The molecule has 1 atom stereocenters. The molecule has 1 aliphatic heterocycles. The highest BCUT2D eigenvalue weighted by atomic mass is 32.2. The summed E-state index contributed by atoms with van der Waals surface area (Å²) in [5.74, 6) is -0.0448. The van der Waals surface area contributed by atoms with Crippen molar-refractivity contribution < 1.29 is 17.6 Å². The molecule has 2 rings (SSSR count). The highest BCUT2D eigenvalue weighted by Crippen LogP contribution is 2.18. The van der Waals surface area contributed by atoms with Crippen molar-refractivity contribution in [2.24, 2.45) is 5.92 Å². The lowest BCUT2D eigenvalue weighted by atomic mass is 10.1. The van der Waals surface area contributed by atoms with Gasteiger partial charge in [-0.05, 0) is 30.0 Å². The van der Waals surface area contributed by atoms with Gasteiger partial charge in [0.2, 0.25) is 0 Å². The van der Waals surface area contributed by atoms with Crippen molar-refractivity contribution in [2.75, 3.05) is 37.0 Å². The summed E-state index contributed by atoms with van der Waals surface area (Å²) in [7, 11) is 0.582. The summed E-state index contributed by atoms with van der Waals surface area (Å²) in [5, 5.41) is 5.30. The first-order valence-electron chi connectivity index (χ1n) is 7.45. The molecule has 2 N–H and O–H groups in total. The average molecular weight is 343 g/mol. The summed E-state index contributed by atoms with van der Waals surface area (Å²) in [6.07, 6.45) is 0.583. The Kier molecular flexibility index (Phi) is 5.46. The molecule has 8 heteroatoms. The van der Waals surface area contributed by atoms with E-state index in [4.69, 9.17) is 0 Å². The smallest absolute Gasteiger partial charge is 0.315 e. The van der Waals surface area contributed by atoms with Crippen LogP contribution in [0.4, 0.5) is 14.9 Å². The SMILES string of the molecule is CN(C)c1ccc(CNC(=O)NCC2CCS(=O)(=O)C2)cc1F. The van der Waals surface area contributed by atoms with Crippen molar-refractivity contribution in [1.82, 2.24) is 10.6 Å². The van der Waals surface area contributed by atoms with Crippen LogP contribution in [0.2, 0.25) is 0 Å². The average Bonchev–Trinajstić information content (AvgIpc) is 2.82. The molecule has 2 amide bonds. The first kappa shape index (κ1) is 17.5. The van der Waals surface area contributed by atoms with Gasteiger partial charge in [0.1, 0.15) is 5.82 Å². The quantitative estimate of drug-likeness (QED) is 0.840. The fraction of sp³-hybridized carbons (Fsp3) is 0.533. The Bertz CT molecular complexity index is 677. The normalized spacial score (nSPS) is 19.3. The van der Waals surface area contributed by atoms with Crippen LogP contribution in [0.1, 0.15) is 12.0 Å². The van der Waals surface area contributed by atoms with Gasteiger partial charge in [0, 0.05) is 27.2 Å². The number of nitrogens with one attached hydrogen (secondary N) is 2. The van der Waals surface area contributed by atoms with Gasteiger partial charge >= 0.3 is 6.03 Å². The minimum Gasteiger partial charge on any atom is -0.375 e. The number of hydrogen-bond acceptors (Lipinski definition) is 4. The number of sulfone groups is 1. The molecule has 1 heterocycles. The van der Waals surface area contributed by atoms with Crippen LogP contribution in [0.15, 0.2) is 18.2 Å². The number of hydrogen-bond donors (Lipinski definition) is 2. The maximum absolute atomic E-state index is 13.8. The highest BCUT2D eigenvalue weighted by molar-refractivity contribution is 7.91. The molecule has 1 aromatic rings. The minimum atomic E-state index is -2.93. The van der Waals surface area contributed by atoms with E-state index >= 15 is 0 Å². The molecular weight excluding hydrogens is 321 g/mol. The van der Waals surface area contributed by atoms with Gasteiger partial charge in [-0.2, -0.15) is 0 Å². The third-order valence-electron chi connectivity index (χ3n) is 3.83. The van der Waals surface area contributed by atoms with Crippen LogP contribution in [0.25, 0.3) is 0 Å². The van der Waals surface area contributed by atoms with E-state index in [9.17, 15) is 17.6 Å². The molecular formula is C15H22FN3O3S. The predicted octanol–water partition coefficient (Wildman–Crippen LogP) is 1.13. The van der Waals surface area contributed by atoms with E-state index in [0.29, 0.717) is 24.2 Å². The second kappa shape index (κ2) is 7.16. The Balaban J connectivity index is 1.77. The van der Waals surface area contributed by atoms with E-state index in [0.717, 1.165) is 0 Å². The Morgan fingerprint density at radius 2 is 2.09 bits per heavy atom. The number of carbonyl (C=O) groups is 1. The van der Waals surface area contributed by atoms with Crippen molar-refractivity contribution in [3.63, 3.8) is 0 Å². The fourth-order valence-electron chi connectivity index (χ4n) is 2.54. The largest absolute Gasteiger partial charge is 0.375 e. The molecule has 23 heavy (non-hydrogen) atoms. The summed E-state index contributed by atoms with van der Waals surface area (Å²) in [4.78, 5) is 13.4. The molecule has 1 saturated heterocycles. The van der Waals surface area contributed by atoms with Gasteiger partial charge < -0.3 is 15.5 Å². The third-order valence-corrected chi connectivity index (χ3v) is 5.66. The number of benzene rings is 1. The minimum absolute atomic E-state index is 0.0254. The lowest BCUT2D eigenvalue weighted by Gasteiger charge is -2.15. The van der Waals surface area contributed by atoms with E-state index in [-0.39, 0.29) is 35.8 Å². The summed E-state index contributed by atoms with van der Waals surface area (Å²) in [5.41, 5.74) is 1.15. The van der Waals surface area contributed by atoms with E-state index in [2.05, 4.69) is 10.6 Å². The van der Waals surface area contributed by atoms with Crippen LogP contribution < -0.4 is 15.5 Å². The number of halogens is 1. The first-order chi connectivity index (χ1) is 10.8. The predicted molar refractivity (Wildman–Crippen MR) is 87.7 cm³/mol. The van der Waals surface area contributed by atoms with E-state index in [1.54, 1.807) is 31.1 Å². The van der Waals surface area contributed by atoms with E-state index < -0.39 is 9.84 Å². The van der Waals surface area contributed by atoms with Crippen LogP contribution in [0, 0.1) is 11.7 Å². The molecule has 0 spiro atoms. The zero-order valence-electron chi connectivity index (χ0n) is 13.3. The molecule has 0 aromatic heterocycles. The van der Waals surface area contributed by atoms with Gasteiger partial charge in [-0.15, -0.1) is 0 Å². The topological polar surface area (TPSA) is 78.5 Å². The third kappa shape index (κ3) is 5.09. The molecule has 1 fully saturated rings. The van der Waals surface area contributed by atoms with Gasteiger partial charge in [-0.1, -0.05) is 6.07 Å². The highest BCUT2D eigenvalue weighted by Gasteiger charge is 2.27. The molecule has 0 saturated carbocycles. The zero-order chi connectivity index (χ0) is 17.0. The van der Waals surface area contributed by atoms with Crippen molar-refractivity contribution in [2.45, 2.75) is 13.0 Å². The second-order valence-corrected chi connectivity index (χ2v) is 8.24. The second-order valence-electron chi connectivity index (χ2n) is 6.01. The van der Waals surface area contributed by atoms with Crippen molar-refractivity contribution in [3.8, 4) is 0 Å². The van der Waals surface area contributed by atoms with Gasteiger partial charge in [0.05, 0.1) is 17.2 Å². The van der Waals surface area contributed by atoms with Gasteiger partial charge in [-0.25, -0.2) is 17.6 Å². The summed E-state index contributed by atoms with van der Waals surface area (Å²) >= 11 is 0. The van der Waals surface area contributed by atoms with E-state index in [1.165, 1.54) is 6.07 Å². The number of nitrogens with zero attached hydrogens (tertiary/aromatic N) is 1. The molecule has 6 nitrogen and oxygen atoms in total. The van der Waals surface area contributed by atoms with Gasteiger partial charge in [-0.3, -0.25) is 0 Å².